The second-order valence-electron chi connectivity index (χ2n) is 5.17. The number of rotatable bonds is 5. The number of para-hydroxylation sites is 1. The van der Waals surface area contributed by atoms with Crippen LogP contribution in [0.2, 0.25) is 0 Å². The first-order valence-electron chi connectivity index (χ1n) is 6.82. The highest BCUT2D eigenvalue weighted by Gasteiger charge is 2.37. The molecule has 0 atom stereocenters. The third kappa shape index (κ3) is 3.44. The van der Waals surface area contributed by atoms with Crippen molar-refractivity contribution in [2.75, 3.05) is 20.2 Å². The van der Waals surface area contributed by atoms with Crippen LogP contribution in [-0.2, 0) is 10.2 Å². The van der Waals surface area contributed by atoms with Crippen LogP contribution < -0.4 is 15.8 Å². The molecule has 2 rings (SSSR count). The van der Waals surface area contributed by atoms with Crippen LogP contribution in [-0.4, -0.2) is 26.1 Å². The Labute approximate surface area is 126 Å². The SMILES string of the molecule is COc1ccccc1C1(CNC(=O)CN)CCCC1.Cl. The zero-order valence-electron chi connectivity index (χ0n) is 11.9. The van der Waals surface area contributed by atoms with E-state index < -0.39 is 0 Å². The van der Waals surface area contributed by atoms with Crippen molar-refractivity contribution in [2.24, 2.45) is 5.73 Å². The Kier molecular flexibility index (Phi) is 6.30. The maximum Gasteiger partial charge on any atom is 0.233 e. The Morgan fingerprint density at radius 3 is 2.60 bits per heavy atom. The van der Waals surface area contributed by atoms with Gasteiger partial charge in [0, 0.05) is 17.5 Å². The van der Waals surface area contributed by atoms with Crippen molar-refractivity contribution in [3.63, 3.8) is 0 Å². The molecule has 0 bridgehead atoms. The fourth-order valence-corrected chi connectivity index (χ4v) is 3.02. The number of carbonyl (C=O) groups is 1. The van der Waals surface area contributed by atoms with Crippen LogP contribution in [0.4, 0.5) is 0 Å². The van der Waals surface area contributed by atoms with E-state index in [4.69, 9.17) is 10.5 Å². The van der Waals surface area contributed by atoms with Crippen molar-refractivity contribution in [3.8, 4) is 5.75 Å². The van der Waals surface area contributed by atoms with Gasteiger partial charge in [0.15, 0.2) is 0 Å². The van der Waals surface area contributed by atoms with E-state index in [1.165, 1.54) is 18.4 Å². The highest BCUT2D eigenvalue weighted by molar-refractivity contribution is 5.85. The second-order valence-corrected chi connectivity index (χ2v) is 5.17. The molecule has 5 heteroatoms. The second kappa shape index (κ2) is 7.50. The van der Waals surface area contributed by atoms with Gasteiger partial charge in [-0.2, -0.15) is 0 Å². The van der Waals surface area contributed by atoms with Crippen LogP contribution in [0.15, 0.2) is 24.3 Å². The summed E-state index contributed by atoms with van der Waals surface area (Å²) in [5.74, 6) is 0.813. The van der Waals surface area contributed by atoms with Crippen molar-refractivity contribution in [3.05, 3.63) is 29.8 Å². The van der Waals surface area contributed by atoms with Crippen LogP contribution in [0.25, 0.3) is 0 Å². The molecule has 0 heterocycles. The molecule has 3 N–H and O–H groups in total. The van der Waals surface area contributed by atoms with Gasteiger partial charge in [-0.05, 0) is 18.9 Å². The van der Waals surface area contributed by atoms with Gasteiger partial charge < -0.3 is 15.8 Å². The molecule has 0 unspecified atom stereocenters. The Hall–Kier alpha value is -1.26. The fourth-order valence-electron chi connectivity index (χ4n) is 3.02. The lowest BCUT2D eigenvalue weighted by Gasteiger charge is -2.31. The standard InChI is InChI=1S/C15H22N2O2.ClH/c1-19-13-7-3-2-6-12(13)15(8-4-5-9-15)11-17-14(18)10-16;/h2-3,6-7H,4-5,8-11,16H2,1H3,(H,17,18);1H. The minimum Gasteiger partial charge on any atom is -0.496 e. The molecule has 0 radical (unpaired) electrons. The number of amides is 1. The molecule has 1 aromatic carbocycles. The number of nitrogens with two attached hydrogens (primary N) is 1. The molecule has 1 saturated carbocycles. The molecule has 0 spiro atoms. The summed E-state index contributed by atoms with van der Waals surface area (Å²) in [6, 6.07) is 8.10. The number of nitrogens with one attached hydrogen (secondary N) is 1. The van der Waals surface area contributed by atoms with Gasteiger partial charge in [-0.25, -0.2) is 0 Å². The van der Waals surface area contributed by atoms with E-state index in [9.17, 15) is 4.79 Å². The molecule has 1 amide bonds. The molecule has 1 aliphatic carbocycles. The van der Waals surface area contributed by atoms with E-state index in [1.54, 1.807) is 7.11 Å². The Morgan fingerprint density at radius 1 is 1.35 bits per heavy atom. The fraction of sp³-hybridized carbons (Fsp3) is 0.533. The average Bonchev–Trinajstić information content (AvgIpc) is 2.94. The van der Waals surface area contributed by atoms with Gasteiger partial charge in [0.1, 0.15) is 5.75 Å². The normalized spacial score (nSPS) is 16.3. The first kappa shape index (κ1) is 16.8. The number of hydrogen-bond acceptors (Lipinski definition) is 3. The first-order valence-corrected chi connectivity index (χ1v) is 6.82. The van der Waals surface area contributed by atoms with Gasteiger partial charge in [0.05, 0.1) is 13.7 Å². The summed E-state index contributed by atoms with van der Waals surface area (Å²) in [6.07, 6.45) is 4.55. The molecule has 0 aromatic heterocycles. The van der Waals surface area contributed by atoms with E-state index in [2.05, 4.69) is 11.4 Å². The third-order valence-electron chi connectivity index (χ3n) is 4.05. The smallest absolute Gasteiger partial charge is 0.233 e. The van der Waals surface area contributed by atoms with Crippen LogP contribution >= 0.6 is 12.4 Å². The summed E-state index contributed by atoms with van der Waals surface area (Å²) >= 11 is 0. The molecular weight excluding hydrogens is 276 g/mol. The molecule has 1 fully saturated rings. The van der Waals surface area contributed by atoms with Gasteiger partial charge in [-0.3, -0.25) is 4.79 Å². The Balaban J connectivity index is 0.00000200. The topological polar surface area (TPSA) is 64.3 Å². The van der Waals surface area contributed by atoms with Crippen molar-refractivity contribution in [1.29, 1.82) is 0 Å². The van der Waals surface area contributed by atoms with E-state index in [0.717, 1.165) is 18.6 Å². The van der Waals surface area contributed by atoms with Gasteiger partial charge in [-0.1, -0.05) is 31.0 Å². The Morgan fingerprint density at radius 2 is 2.00 bits per heavy atom. The predicted octanol–water partition coefficient (Wildman–Crippen LogP) is 2.00. The minimum absolute atomic E-state index is 0. The molecule has 1 aromatic rings. The predicted molar refractivity (Wildman–Crippen MR) is 82.5 cm³/mol. The van der Waals surface area contributed by atoms with Crippen molar-refractivity contribution in [1.82, 2.24) is 5.32 Å². The largest absolute Gasteiger partial charge is 0.496 e. The molecular formula is C15H23ClN2O2. The van der Waals surface area contributed by atoms with Gasteiger partial charge in [0.2, 0.25) is 5.91 Å². The minimum atomic E-state index is -0.0961. The number of ether oxygens (including phenoxy) is 1. The maximum atomic E-state index is 11.4. The van der Waals surface area contributed by atoms with Gasteiger partial charge >= 0.3 is 0 Å². The summed E-state index contributed by atoms with van der Waals surface area (Å²) in [5.41, 5.74) is 6.56. The van der Waals surface area contributed by atoms with E-state index in [-0.39, 0.29) is 30.3 Å². The third-order valence-corrected chi connectivity index (χ3v) is 4.05. The number of hydrogen-bond donors (Lipinski definition) is 2. The monoisotopic (exact) mass is 298 g/mol. The lowest BCUT2D eigenvalue weighted by Crippen LogP contribution is -2.41. The van der Waals surface area contributed by atoms with E-state index in [1.807, 2.05) is 18.2 Å². The summed E-state index contributed by atoms with van der Waals surface area (Å²) in [4.78, 5) is 11.4. The van der Waals surface area contributed by atoms with Gasteiger partial charge in [-0.15, -0.1) is 12.4 Å². The quantitative estimate of drug-likeness (QED) is 0.874. The summed E-state index contributed by atoms with van der Waals surface area (Å²) in [5, 5.41) is 2.95. The lowest BCUT2D eigenvalue weighted by atomic mass is 9.78. The zero-order valence-corrected chi connectivity index (χ0v) is 12.7. The highest BCUT2D eigenvalue weighted by atomic mass is 35.5. The first-order chi connectivity index (χ1) is 9.22. The van der Waals surface area contributed by atoms with Crippen molar-refractivity contribution < 1.29 is 9.53 Å². The average molecular weight is 299 g/mol. The number of halogens is 1. The van der Waals surface area contributed by atoms with E-state index >= 15 is 0 Å². The summed E-state index contributed by atoms with van der Waals surface area (Å²) < 4.78 is 5.48. The molecule has 20 heavy (non-hydrogen) atoms. The van der Waals surface area contributed by atoms with Crippen LogP contribution in [0.5, 0.6) is 5.75 Å². The number of methoxy groups -OCH3 is 1. The van der Waals surface area contributed by atoms with Crippen molar-refractivity contribution >= 4 is 18.3 Å². The van der Waals surface area contributed by atoms with Crippen molar-refractivity contribution in [2.45, 2.75) is 31.1 Å². The highest BCUT2D eigenvalue weighted by Crippen LogP contribution is 2.44. The molecule has 112 valence electrons. The maximum absolute atomic E-state index is 11.4. The zero-order chi connectivity index (χ0) is 13.7. The number of carbonyl (C=O) groups excluding carboxylic acids is 1. The van der Waals surface area contributed by atoms with Crippen LogP contribution in [0, 0.1) is 0 Å². The molecule has 4 nitrogen and oxygen atoms in total. The molecule has 0 aliphatic heterocycles. The summed E-state index contributed by atoms with van der Waals surface area (Å²) in [6.45, 7) is 0.686. The van der Waals surface area contributed by atoms with Crippen LogP contribution in [0.3, 0.4) is 0 Å². The Bertz CT molecular complexity index is 445. The molecule has 0 saturated heterocycles. The molecule has 1 aliphatic rings. The lowest BCUT2D eigenvalue weighted by molar-refractivity contribution is -0.120. The summed E-state index contributed by atoms with van der Waals surface area (Å²) in [7, 11) is 1.69. The van der Waals surface area contributed by atoms with E-state index in [0.29, 0.717) is 6.54 Å². The number of benzene rings is 1. The van der Waals surface area contributed by atoms with Gasteiger partial charge in [0.25, 0.3) is 0 Å². The van der Waals surface area contributed by atoms with Crippen LogP contribution in [0.1, 0.15) is 31.2 Å².